The van der Waals surface area contributed by atoms with E-state index in [-0.39, 0.29) is 11.8 Å². The van der Waals surface area contributed by atoms with Gasteiger partial charge in [-0.15, -0.1) is 0 Å². The summed E-state index contributed by atoms with van der Waals surface area (Å²) in [5.41, 5.74) is 3.16. The lowest BCUT2D eigenvalue weighted by Gasteiger charge is -2.37. The van der Waals surface area contributed by atoms with Crippen LogP contribution in [0.3, 0.4) is 0 Å². The Bertz CT molecular complexity index is 1040. The second-order valence-electron chi connectivity index (χ2n) is 10.7. The van der Waals surface area contributed by atoms with Crippen molar-refractivity contribution >= 4 is 29.3 Å². The molecule has 1 amide bonds. The van der Waals surface area contributed by atoms with Crippen LogP contribution in [0.5, 0.6) is 0 Å². The molecule has 1 aliphatic carbocycles. The molecular formula is C30H43N5O2. The van der Waals surface area contributed by atoms with Crippen molar-refractivity contribution in [3.05, 3.63) is 47.8 Å². The topological polar surface area (TPSA) is 61.8 Å². The van der Waals surface area contributed by atoms with Gasteiger partial charge in [0.15, 0.2) is 0 Å². The molecule has 2 fully saturated rings. The minimum absolute atomic E-state index is 0.116. The minimum Gasteiger partial charge on any atom is -0.381 e. The molecule has 3 heterocycles. The highest BCUT2D eigenvalue weighted by molar-refractivity contribution is 5.94. The van der Waals surface area contributed by atoms with Crippen LogP contribution in [-0.4, -0.2) is 63.3 Å². The first-order valence-corrected chi connectivity index (χ1v) is 13.8. The molecule has 37 heavy (non-hydrogen) atoms. The van der Waals surface area contributed by atoms with Crippen molar-refractivity contribution in [1.82, 2.24) is 9.97 Å². The van der Waals surface area contributed by atoms with Gasteiger partial charge in [0, 0.05) is 52.5 Å². The van der Waals surface area contributed by atoms with Crippen LogP contribution in [0, 0.1) is 18.8 Å². The predicted octanol–water partition coefficient (Wildman–Crippen LogP) is 5.34. The average Bonchev–Trinajstić information content (AvgIpc) is 2.92. The number of anilines is 3. The van der Waals surface area contributed by atoms with Crippen molar-refractivity contribution in [1.29, 1.82) is 0 Å². The molecule has 4 rings (SSSR count). The number of amides is 1. The van der Waals surface area contributed by atoms with Crippen molar-refractivity contribution in [2.45, 2.75) is 51.9 Å². The zero-order valence-corrected chi connectivity index (χ0v) is 23.0. The van der Waals surface area contributed by atoms with Crippen LogP contribution in [0.4, 0.5) is 17.3 Å². The van der Waals surface area contributed by atoms with E-state index in [2.05, 4.69) is 40.2 Å². The second kappa shape index (κ2) is 13.0. The lowest BCUT2D eigenvalue weighted by atomic mass is 9.87. The number of carbonyl (C=O) groups is 1. The zero-order valence-electron chi connectivity index (χ0n) is 23.0. The van der Waals surface area contributed by atoms with Crippen LogP contribution < -0.4 is 14.7 Å². The van der Waals surface area contributed by atoms with Crippen molar-refractivity contribution in [2.75, 3.05) is 62.1 Å². The molecule has 0 unspecified atom stereocenters. The maximum atomic E-state index is 13.9. The molecule has 1 saturated carbocycles. The highest BCUT2D eigenvalue weighted by Crippen LogP contribution is 2.31. The van der Waals surface area contributed by atoms with E-state index in [4.69, 9.17) is 9.72 Å². The molecule has 0 radical (unpaired) electrons. The molecule has 0 N–H and O–H groups in total. The Labute approximate surface area is 222 Å². The number of piperidine rings is 1. The molecular weight excluding hydrogens is 462 g/mol. The number of hydrogen-bond donors (Lipinski definition) is 0. The van der Waals surface area contributed by atoms with Gasteiger partial charge in [-0.2, -0.15) is 0 Å². The fraction of sp³-hybridized carbons (Fsp3) is 0.567. The fourth-order valence-electron chi connectivity index (χ4n) is 5.52. The molecule has 0 aromatic carbocycles. The Hall–Kier alpha value is -2.93. The van der Waals surface area contributed by atoms with Crippen LogP contribution in [0.2, 0.25) is 0 Å². The number of aryl methyl sites for hydroxylation is 1. The molecule has 1 saturated heterocycles. The monoisotopic (exact) mass is 505 g/mol. The van der Waals surface area contributed by atoms with Crippen molar-refractivity contribution < 1.29 is 9.53 Å². The Morgan fingerprint density at radius 2 is 1.84 bits per heavy atom. The smallest absolute Gasteiger partial charge is 0.231 e. The van der Waals surface area contributed by atoms with Crippen LogP contribution in [0.1, 0.15) is 56.2 Å². The van der Waals surface area contributed by atoms with Gasteiger partial charge in [-0.25, -0.2) is 9.97 Å². The maximum Gasteiger partial charge on any atom is 0.231 e. The number of methoxy groups -OCH3 is 1. The highest BCUT2D eigenvalue weighted by atomic mass is 16.5. The van der Waals surface area contributed by atoms with E-state index in [0.29, 0.717) is 12.5 Å². The summed E-state index contributed by atoms with van der Waals surface area (Å²) in [6.07, 6.45) is 13.7. The first-order valence-electron chi connectivity index (χ1n) is 13.8. The summed E-state index contributed by atoms with van der Waals surface area (Å²) in [5, 5.41) is 0. The lowest BCUT2D eigenvalue weighted by molar-refractivity contribution is -0.123. The van der Waals surface area contributed by atoms with Crippen LogP contribution in [0.15, 0.2) is 36.5 Å². The van der Waals surface area contributed by atoms with Crippen LogP contribution >= 0.6 is 0 Å². The number of carbonyl (C=O) groups excluding carboxylic acids is 1. The SMILES string of the molecule is COCC=Cc1cc(C)nc(N(CC2CCN(c3ccc(N(C)C)nc3)CC2)C(=O)C2CCCCC2)c1. The Kier molecular flexibility index (Phi) is 9.56. The van der Waals surface area contributed by atoms with E-state index in [1.165, 1.54) is 12.1 Å². The van der Waals surface area contributed by atoms with Gasteiger partial charge in [0.1, 0.15) is 11.6 Å². The van der Waals surface area contributed by atoms with Gasteiger partial charge < -0.3 is 14.5 Å². The van der Waals surface area contributed by atoms with Crippen molar-refractivity contribution in [3.63, 3.8) is 0 Å². The summed E-state index contributed by atoms with van der Waals surface area (Å²) in [6.45, 7) is 5.26. The van der Waals surface area contributed by atoms with Gasteiger partial charge in [0.05, 0.1) is 18.5 Å². The van der Waals surface area contributed by atoms with E-state index in [0.717, 1.165) is 81.1 Å². The lowest BCUT2D eigenvalue weighted by Crippen LogP contribution is -2.44. The zero-order chi connectivity index (χ0) is 26.2. The van der Waals surface area contributed by atoms with E-state index in [1.54, 1.807) is 7.11 Å². The summed E-state index contributed by atoms with van der Waals surface area (Å²) in [5.74, 6) is 2.59. The Morgan fingerprint density at radius 3 is 2.49 bits per heavy atom. The standard InChI is InChI=1S/C30H43N5O2/c1-23-19-25(9-8-18-37-4)20-29(32-23)35(30(36)26-10-6-5-7-11-26)22-24-14-16-34(17-15-24)27-12-13-28(31-21-27)33(2)3/h8-9,12-13,19-21,24,26H,5-7,10-11,14-18,22H2,1-4H3. The molecule has 0 spiro atoms. The van der Waals surface area contributed by atoms with Gasteiger partial charge >= 0.3 is 0 Å². The van der Waals surface area contributed by atoms with Gasteiger partial charge in [-0.05, 0) is 68.4 Å². The molecule has 1 aliphatic heterocycles. The number of hydrogen-bond acceptors (Lipinski definition) is 6. The molecule has 200 valence electrons. The van der Waals surface area contributed by atoms with Crippen LogP contribution in [-0.2, 0) is 9.53 Å². The summed E-state index contributed by atoms with van der Waals surface area (Å²) in [6, 6.07) is 8.37. The third-order valence-electron chi connectivity index (χ3n) is 7.64. The van der Waals surface area contributed by atoms with Crippen molar-refractivity contribution in [2.24, 2.45) is 11.8 Å². The van der Waals surface area contributed by atoms with Gasteiger partial charge in [0.25, 0.3) is 0 Å². The molecule has 0 bridgehead atoms. The first kappa shape index (κ1) is 27.1. The van der Waals surface area contributed by atoms with Gasteiger partial charge in [-0.3, -0.25) is 9.69 Å². The predicted molar refractivity (Wildman–Crippen MR) is 152 cm³/mol. The maximum absolute atomic E-state index is 13.9. The van der Waals surface area contributed by atoms with Crippen molar-refractivity contribution in [3.8, 4) is 0 Å². The third kappa shape index (κ3) is 7.31. The normalized spacial score (nSPS) is 17.4. The summed E-state index contributed by atoms with van der Waals surface area (Å²) in [4.78, 5) is 29.7. The summed E-state index contributed by atoms with van der Waals surface area (Å²) in [7, 11) is 5.71. The molecule has 0 atom stereocenters. The number of nitrogens with zero attached hydrogens (tertiary/aromatic N) is 5. The van der Waals surface area contributed by atoms with Gasteiger partial charge in [-0.1, -0.05) is 31.4 Å². The summed E-state index contributed by atoms with van der Waals surface area (Å²) < 4.78 is 5.17. The number of aromatic nitrogens is 2. The Balaban J connectivity index is 1.48. The summed E-state index contributed by atoms with van der Waals surface area (Å²) >= 11 is 0. The fourth-order valence-corrected chi connectivity index (χ4v) is 5.52. The quantitative estimate of drug-likeness (QED) is 0.458. The van der Waals surface area contributed by atoms with E-state index in [9.17, 15) is 4.79 Å². The largest absolute Gasteiger partial charge is 0.381 e. The highest BCUT2D eigenvalue weighted by Gasteiger charge is 2.31. The first-order chi connectivity index (χ1) is 17.9. The van der Waals surface area contributed by atoms with Gasteiger partial charge in [0.2, 0.25) is 5.91 Å². The van der Waals surface area contributed by atoms with E-state index >= 15 is 0 Å². The van der Waals surface area contributed by atoms with E-state index in [1.807, 2.05) is 43.1 Å². The molecule has 2 aromatic rings. The van der Waals surface area contributed by atoms with E-state index < -0.39 is 0 Å². The second-order valence-corrected chi connectivity index (χ2v) is 10.7. The number of pyridine rings is 2. The minimum atomic E-state index is 0.116. The molecule has 2 aromatic heterocycles. The van der Waals surface area contributed by atoms with Crippen LogP contribution in [0.25, 0.3) is 6.08 Å². The third-order valence-corrected chi connectivity index (χ3v) is 7.64. The number of ether oxygens (including phenoxy) is 1. The molecule has 2 aliphatic rings. The molecule has 7 heteroatoms. The molecule has 7 nitrogen and oxygen atoms in total. The average molecular weight is 506 g/mol. The Morgan fingerprint density at radius 1 is 1.08 bits per heavy atom. The number of rotatable bonds is 9.